The molecule has 2 rings (SSSR count). The maximum absolute atomic E-state index is 11.0. The number of hydrogen-bond donors (Lipinski definition) is 1. The summed E-state index contributed by atoms with van der Waals surface area (Å²) in [5.41, 5.74) is 5.14. The Morgan fingerprint density at radius 3 is 2.55 bits per heavy atom. The SMILES string of the molecule is COC(=O)NN=Cc1cc(Cl)c(OCCCOc2ccc(C)cc2C)c(OC)c1. The van der Waals surface area contributed by atoms with Gasteiger partial charge in [-0.05, 0) is 43.2 Å². The normalized spacial score (nSPS) is 10.7. The first kappa shape index (κ1) is 22.4. The molecular weight excluding hydrogens is 396 g/mol. The standard InChI is InChI=1S/C21H25ClN2O5/c1-14-6-7-18(15(2)10-14)28-8-5-9-29-20-17(22)11-16(12-19(20)26-3)13-23-24-21(25)27-4/h6-7,10-13H,5,8-9H2,1-4H3,(H,24,25). The number of hydrazone groups is 1. The molecule has 0 aromatic heterocycles. The Balaban J connectivity index is 1.90. The maximum Gasteiger partial charge on any atom is 0.427 e. The summed E-state index contributed by atoms with van der Waals surface area (Å²) < 4.78 is 21.4. The van der Waals surface area contributed by atoms with Crippen molar-refractivity contribution < 1.29 is 23.7 Å². The van der Waals surface area contributed by atoms with E-state index in [0.717, 1.165) is 11.3 Å². The number of nitrogens with one attached hydrogen (secondary N) is 1. The number of methoxy groups -OCH3 is 2. The molecule has 8 heteroatoms. The molecular formula is C21H25ClN2O5. The number of amides is 1. The van der Waals surface area contributed by atoms with Crippen molar-refractivity contribution in [1.82, 2.24) is 5.43 Å². The fourth-order valence-corrected chi connectivity index (χ4v) is 2.81. The van der Waals surface area contributed by atoms with Crippen molar-refractivity contribution >= 4 is 23.9 Å². The third-order valence-electron chi connectivity index (χ3n) is 3.93. The first-order chi connectivity index (χ1) is 13.9. The van der Waals surface area contributed by atoms with Gasteiger partial charge in [0.1, 0.15) is 5.75 Å². The monoisotopic (exact) mass is 420 g/mol. The Hall–Kier alpha value is -2.93. The highest BCUT2D eigenvalue weighted by atomic mass is 35.5. The largest absolute Gasteiger partial charge is 0.493 e. The minimum absolute atomic E-state index is 0.374. The molecule has 0 fully saturated rings. The van der Waals surface area contributed by atoms with Crippen LogP contribution in [0.2, 0.25) is 5.02 Å². The molecule has 1 N–H and O–H groups in total. The third-order valence-corrected chi connectivity index (χ3v) is 4.21. The van der Waals surface area contributed by atoms with Crippen LogP contribution in [0.25, 0.3) is 0 Å². The highest BCUT2D eigenvalue weighted by molar-refractivity contribution is 6.32. The third kappa shape index (κ3) is 6.87. The van der Waals surface area contributed by atoms with E-state index in [0.29, 0.717) is 41.7 Å². The molecule has 0 unspecified atom stereocenters. The van der Waals surface area contributed by atoms with Gasteiger partial charge in [0.05, 0.1) is 38.7 Å². The summed E-state index contributed by atoms with van der Waals surface area (Å²) in [7, 11) is 2.78. The number of carbonyl (C=O) groups excluding carboxylic acids is 1. The average molecular weight is 421 g/mol. The number of halogens is 1. The van der Waals surface area contributed by atoms with Crippen molar-refractivity contribution in [1.29, 1.82) is 0 Å². The number of benzene rings is 2. The molecule has 1 amide bonds. The van der Waals surface area contributed by atoms with Crippen molar-refractivity contribution in [2.75, 3.05) is 27.4 Å². The van der Waals surface area contributed by atoms with Crippen LogP contribution in [0.3, 0.4) is 0 Å². The summed E-state index contributed by atoms with van der Waals surface area (Å²) >= 11 is 6.32. The number of aryl methyl sites for hydroxylation is 2. The zero-order valence-corrected chi connectivity index (χ0v) is 17.7. The number of ether oxygens (including phenoxy) is 4. The highest BCUT2D eigenvalue weighted by Crippen LogP contribution is 2.36. The van der Waals surface area contributed by atoms with Crippen molar-refractivity contribution in [3.05, 3.63) is 52.0 Å². The minimum atomic E-state index is -0.665. The van der Waals surface area contributed by atoms with E-state index >= 15 is 0 Å². The first-order valence-corrected chi connectivity index (χ1v) is 9.39. The summed E-state index contributed by atoms with van der Waals surface area (Å²) in [4.78, 5) is 11.0. The summed E-state index contributed by atoms with van der Waals surface area (Å²) in [5, 5.41) is 4.14. The van der Waals surface area contributed by atoms with Crippen LogP contribution in [-0.4, -0.2) is 39.7 Å². The average Bonchev–Trinajstić information content (AvgIpc) is 2.69. The smallest absolute Gasteiger partial charge is 0.427 e. The molecule has 0 radical (unpaired) electrons. The Kier molecular flexibility index (Phi) is 8.61. The van der Waals surface area contributed by atoms with Gasteiger partial charge >= 0.3 is 6.09 Å². The summed E-state index contributed by atoms with van der Waals surface area (Å²) in [6.07, 6.45) is 1.44. The highest BCUT2D eigenvalue weighted by Gasteiger charge is 2.12. The van der Waals surface area contributed by atoms with Crippen molar-refractivity contribution in [3.8, 4) is 17.2 Å². The van der Waals surface area contributed by atoms with Crippen LogP contribution in [0.1, 0.15) is 23.1 Å². The number of carbonyl (C=O) groups is 1. The number of nitrogens with zero attached hydrogens (tertiary/aromatic N) is 1. The number of hydrogen-bond acceptors (Lipinski definition) is 6. The van der Waals surface area contributed by atoms with E-state index in [1.165, 1.54) is 26.0 Å². The first-order valence-electron chi connectivity index (χ1n) is 9.02. The lowest BCUT2D eigenvalue weighted by Gasteiger charge is -2.14. The lowest BCUT2D eigenvalue weighted by atomic mass is 10.1. The van der Waals surface area contributed by atoms with Crippen molar-refractivity contribution in [2.45, 2.75) is 20.3 Å². The predicted molar refractivity (Wildman–Crippen MR) is 113 cm³/mol. The molecule has 0 heterocycles. The zero-order chi connectivity index (χ0) is 21.2. The van der Waals surface area contributed by atoms with Gasteiger partial charge in [0.25, 0.3) is 0 Å². The zero-order valence-electron chi connectivity index (χ0n) is 17.0. The van der Waals surface area contributed by atoms with Crippen LogP contribution in [0.15, 0.2) is 35.4 Å². The van der Waals surface area contributed by atoms with Gasteiger partial charge in [0.15, 0.2) is 11.5 Å². The fraction of sp³-hybridized carbons (Fsp3) is 0.333. The second-order valence-electron chi connectivity index (χ2n) is 6.22. The van der Waals surface area contributed by atoms with Gasteiger partial charge in [-0.3, -0.25) is 0 Å². The lowest BCUT2D eigenvalue weighted by molar-refractivity contribution is 0.171. The Labute approximate surface area is 175 Å². The second-order valence-corrected chi connectivity index (χ2v) is 6.62. The van der Waals surface area contributed by atoms with Gasteiger partial charge in [0.2, 0.25) is 0 Å². The molecule has 156 valence electrons. The van der Waals surface area contributed by atoms with Crippen LogP contribution in [0, 0.1) is 13.8 Å². The molecule has 0 bridgehead atoms. The van der Waals surface area contributed by atoms with Crippen LogP contribution >= 0.6 is 11.6 Å². The molecule has 0 atom stereocenters. The van der Waals surface area contributed by atoms with Gasteiger partial charge in [-0.2, -0.15) is 5.10 Å². The van der Waals surface area contributed by atoms with Crippen molar-refractivity contribution in [2.24, 2.45) is 5.10 Å². The maximum atomic E-state index is 11.0. The predicted octanol–water partition coefficient (Wildman–Crippen LogP) is 4.50. The van der Waals surface area contributed by atoms with Crippen LogP contribution in [-0.2, 0) is 4.74 Å². The van der Waals surface area contributed by atoms with Gasteiger partial charge in [-0.15, -0.1) is 0 Å². The topological polar surface area (TPSA) is 78.4 Å². The number of rotatable bonds is 9. The molecule has 0 aliphatic carbocycles. The van der Waals surface area contributed by atoms with Gasteiger partial charge in [-0.25, -0.2) is 10.2 Å². The fourth-order valence-electron chi connectivity index (χ4n) is 2.54. The molecule has 0 spiro atoms. The molecule has 0 aliphatic rings. The molecule has 7 nitrogen and oxygen atoms in total. The summed E-state index contributed by atoms with van der Waals surface area (Å²) in [6.45, 7) is 5.01. The second kappa shape index (κ2) is 11.2. The summed E-state index contributed by atoms with van der Waals surface area (Å²) in [6, 6.07) is 9.45. The lowest BCUT2D eigenvalue weighted by Crippen LogP contribution is -2.16. The van der Waals surface area contributed by atoms with Gasteiger partial charge < -0.3 is 18.9 Å². The molecule has 29 heavy (non-hydrogen) atoms. The molecule has 2 aromatic carbocycles. The molecule has 2 aromatic rings. The van der Waals surface area contributed by atoms with Gasteiger partial charge in [-0.1, -0.05) is 29.3 Å². The minimum Gasteiger partial charge on any atom is -0.493 e. The van der Waals surface area contributed by atoms with E-state index in [-0.39, 0.29) is 0 Å². The van der Waals surface area contributed by atoms with Crippen molar-refractivity contribution in [3.63, 3.8) is 0 Å². The van der Waals surface area contributed by atoms with Crippen LogP contribution < -0.4 is 19.6 Å². The van der Waals surface area contributed by atoms with E-state index in [4.69, 9.17) is 25.8 Å². The van der Waals surface area contributed by atoms with E-state index in [9.17, 15) is 4.79 Å². The van der Waals surface area contributed by atoms with E-state index < -0.39 is 6.09 Å². The van der Waals surface area contributed by atoms with Gasteiger partial charge in [0, 0.05) is 6.42 Å². The van der Waals surface area contributed by atoms with E-state index in [1.807, 2.05) is 19.1 Å². The molecule has 0 saturated heterocycles. The molecule has 0 aliphatic heterocycles. The van der Waals surface area contributed by atoms with Crippen LogP contribution in [0.4, 0.5) is 4.79 Å². The van der Waals surface area contributed by atoms with E-state index in [1.54, 1.807) is 12.1 Å². The van der Waals surface area contributed by atoms with E-state index in [2.05, 4.69) is 28.3 Å². The Morgan fingerprint density at radius 1 is 1.10 bits per heavy atom. The molecule has 0 saturated carbocycles. The quantitative estimate of drug-likeness (QED) is 0.367. The summed E-state index contributed by atoms with van der Waals surface area (Å²) in [5.74, 6) is 1.78. The Bertz CT molecular complexity index is 870. The van der Waals surface area contributed by atoms with Crippen LogP contribution in [0.5, 0.6) is 17.2 Å². The Morgan fingerprint density at radius 2 is 1.86 bits per heavy atom.